The van der Waals surface area contributed by atoms with Crippen LogP contribution in [0.1, 0.15) is 32.8 Å². The zero-order valence-corrected chi connectivity index (χ0v) is 23.8. The summed E-state index contributed by atoms with van der Waals surface area (Å²) in [6.07, 6.45) is -0.326. The molecule has 0 N–H and O–H groups in total. The van der Waals surface area contributed by atoms with Crippen molar-refractivity contribution < 1.29 is 23.5 Å². The van der Waals surface area contributed by atoms with Gasteiger partial charge in [0.1, 0.15) is 5.75 Å². The summed E-state index contributed by atoms with van der Waals surface area (Å²) in [6, 6.07) is 28.6. The van der Waals surface area contributed by atoms with E-state index in [0.717, 1.165) is 11.3 Å². The lowest BCUT2D eigenvalue weighted by atomic mass is 10.2. The molecule has 3 aromatic carbocycles. The summed E-state index contributed by atoms with van der Waals surface area (Å²) < 4.78 is 18.6. The largest absolute Gasteiger partial charge is 0.497 e. The Morgan fingerprint density at radius 3 is 1.86 bits per heavy atom. The summed E-state index contributed by atoms with van der Waals surface area (Å²) in [4.78, 5) is 17.9. The molecule has 0 aliphatic rings. The highest BCUT2D eigenvalue weighted by Crippen LogP contribution is 2.37. The highest BCUT2D eigenvalue weighted by atomic mass is 28.4. The van der Waals surface area contributed by atoms with E-state index in [-0.39, 0.29) is 24.0 Å². The van der Waals surface area contributed by atoms with Crippen LogP contribution in [-0.4, -0.2) is 53.3 Å². The van der Waals surface area contributed by atoms with E-state index in [9.17, 15) is 4.79 Å². The quantitative estimate of drug-likeness (QED) is 0.258. The van der Waals surface area contributed by atoms with Gasteiger partial charge >= 0.3 is 0 Å². The van der Waals surface area contributed by atoms with Gasteiger partial charge in [0.25, 0.3) is 8.32 Å². The summed E-state index contributed by atoms with van der Waals surface area (Å²) >= 11 is 0. The van der Waals surface area contributed by atoms with Crippen molar-refractivity contribution in [3.8, 4) is 5.75 Å². The molecular weight excluding hydrogens is 482 g/mol. The van der Waals surface area contributed by atoms with E-state index in [1.165, 1.54) is 22.5 Å². The first-order chi connectivity index (χ1) is 17.7. The first-order valence-electron chi connectivity index (χ1n) is 12.5. The van der Waals surface area contributed by atoms with Crippen molar-refractivity contribution in [1.82, 2.24) is 5.06 Å². The van der Waals surface area contributed by atoms with Gasteiger partial charge in [-0.05, 0) is 33.1 Å². The van der Waals surface area contributed by atoms with Crippen molar-refractivity contribution in [2.45, 2.75) is 44.9 Å². The Morgan fingerprint density at radius 1 is 0.865 bits per heavy atom. The second-order valence-electron chi connectivity index (χ2n) is 10.0. The Kier molecular flexibility index (Phi) is 10.1. The number of benzene rings is 3. The first-order valence-corrected chi connectivity index (χ1v) is 14.4. The lowest BCUT2D eigenvalue weighted by Crippen LogP contribution is -2.67. The van der Waals surface area contributed by atoms with E-state index in [2.05, 4.69) is 69.3 Å². The lowest BCUT2D eigenvalue weighted by molar-refractivity contribution is -0.172. The Hall–Kier alpha value is -2.97. The normalized spacial score (nSPS) is 12.7. The molecule has 0 unspecified atom stereocenters. The molecule has 0 radical (unpaired) electrons. The monoisotopic (exact) mass is 521 g/mol. The minimum atomic E-state index is -2.77. The maximum atomic E-state index is 12.8. The van der Waals surface area contributed by atoms with Gasteiger partial charge in [-0.25, -0.2) is 5.06 Å². The van der Waals surface area contributed by atoms with Crippen LogP contribution in [-0.2, 0) is 25.4 Å². The average molecular weight is 522 g/mol. The second-order valence-corrected chi connectivity index (χ2v) is 14.3. The number of carbonyl (C=O) groups excluding carboxylic acids is 1. The number of carbonyl (C=O) groups is 1. The second kappa shape index (κ2) is 13.0. The standard InChI is InChI=1S/C30H39NO5Si/c1-30(2,3)37(27-13-9-7-10-14-27,28-15-11-8-12-16-28)36-23-26(21-29(32)31(4)34-6)35-22-24-17-19-25(33-5)20-18-24/h7-20,26H,21-23H2,1-6H3/t26-/m0/s1. The molecule has 0 spiro atoms. The molecule has 1 amide bonds. The minimum Gasteiger partial charge on any atom is -0.497 e. The summed E-state index contributed by atoms with van der Waals surface area (Å²) in [7, 11) is 1.95. The molecule has 0 aromatic heterocycles. The molecule has 6 nitrogen and oxygen atoms in total. The number of rotatable bonds is 12. The molecule has 37 heavy (non-hydrogen) atoms. The van der Waals surface area contributed by atoms with E-state index in [1.54, 1.807) is 14.2 Å². The third kappa shape index (κ3) is 7.08. The zero-order valence-electron chi connectivity index (χ0n) is 22.8. The molecule has 0 aliphatic carbocycles. The fourth-order valence-corrected chi connectivity index (χ4v) is 9.10. The van der Waals surface area contributed by atoms with E-state index in [4.69, 9.17) is 18.7 Å². The molecular formula is C30H39NO5Si. The van der Waals surface area contributed by atoms with Crippen molar-refractivity contribution in [3.05, 3.63) is 90.5 Å². The van der Waals surface area contributed by atoms with Gasteiger partial charge < -0.3 is 13.9 Å². The van der Waals surface area contributed by atoms with Crippen molar-refractivity contribution in [1.29, 1.82) is 0 Å². The van der Waals surface area contributed by atoms with Crippen LogP contribution in [0, 0.1) is 0 Å². The fraction of sp³-hybridized carbons (Fsp3) is 0.367. The fourth-order valence-electron chi connectivity index (χ4n) is 4.51. The van der Waals surface area contributed by atoms with Gasteiger partial charge in [-0.15, -0.1) is 0 Å². The van der Waals surface area contributed by atoms with Crippen molar-refractivity contribution in [3.63, 3.8) is 0 Å². The maximum absolute atomic E-state index is 12.8. The Bertz CT molecular complexity index is 1060. The molecule has 198 valence electrons. The van der Waals surface area contributed by atoms with E-state index < -0.39 is 14.4 Å². The van der Waals surface area contributed by atoms with Crippen LogP contribution in [0.3, 0.4) is 0 Å². The van der Waals surface area contributed by atoms with Crippen LogP contribution in [0.5, 0.6) is 5.75 Å². The molecule has 0 saturated heterocycles. The number of ether oxygens (including phenoxy) is 2. The first kappa shape index (κ1) is 28.6. The summed E-state index contributed by atoms with van der Waals surface area (Å²) in [6.45, 7) is 7.32. The average Bonchev–Trinajstić information content (AvgIpc) is 2.92. The lowest BCUT2D eigenvalue weighted by Gasteiger charge is -2.43. The Labute approximate surface area is 222 Å². The SMILES string of the molecule is COc1ccc(CO[C@H](CO[Si](c2ccccc2)(c2ccccc2)C(C)(C)C)CC(=O)N(C)OC)cc1. The van der Waals surface area contributed by atoms with Crippen molar-refractivity contribution >= 4 is 24.6 Å². The smallest absolute Gasteiger partial charge is 0.261 e. The molecule has 0 fully saturated rings. The predicted molar refractivity (Wildman–Crippen MR) is 150 cm³/mol. The van der Waals surface area contributed by atoms with Gasteiger partial charge in [-0.1, -0.05) is 93.6 Å². The predicted octanol–water partition coefficient (Wildman–Crippen LogP) is 4.57. The van der Waals surface area contributed by atoms with Crippen molar-refractivity contribution in [2.75, 3.05) is 27.9 Å². The van der Waals surface area contributed by atoms with Gasteiger partial charge in [-0.2, -0.15) is 0 Å². The summed E-state index contributed by atoms with van der Waals surface area (Å²) in [5, 5.41) is 3.42. The molecule has 0 aliphatic heterocycles. The number of hydrogen-bond acceptors (Lipinski definition) is 5. The molecule has 0 heterocycles. The molecule has 3 aromatic rings. The highest BCUT2D eigenvalue weighted by molar-refractivity contribution is 6.99. The summed E-state index contributed by atoms with van der Waals surface area (Å²) in [5.41, 5.74) is 0.990. The van der Waals surface area contributed by atoms with E-state index >= 15 is 0 Å². The third-order valence-corrected chi connectivity index (χ3v) is 11.6. The number of hydroxylamine groups is 2. The molecule has 3 rings (SSSR count). The van der Waals surface area contributed by atoms with Crippen LogP contribution >= 0.6 is 0 Å². The van der Waals surface area contributed by atoms with Gasteiger partial charge in [0.2, 0.25) is 5.91 Å². The minimum absolute atomic E-state index is 0.138. The molecule has 0 bridgehead atoms. The Balaban J connectivity index is 1.92. The topological polar surface area (TPSA) is 57.2 Å². The van der Waals surface area contributed by atoms with E-state index in [0.29, 0.717) is 6.61 Å². The van der Waals surface area contributed by atoms with Crippen LogP contribution in [0.15, 0.2) is 84.9 Å². The van der Waals surface area contributed by atoms with Gasteiger partial charge in [0, 0.05) is 7.05 Å². The molecule has 1 atom stereocenters. The van der Waals surface area contributed by atoms with Crippen molar-refractivity contribution in [2.24, 2.45) is 0 Å². The molecule has 7 heteroatoms. The highest BCUT2D eigenvalue weighted by Gasteiger charge is 2.50. The van der Waals surface area contributed by atoms with Crippen LogP contribution in [0.2, 0.25) is 5.04 Å². The molecule has 0 saturated carbocycles. The maximum Gasteiger partial charge on any atom is 0.261 e. The zero-order chi connectivity index (χ0) is 26.9. The van der Waals surface area contributed by atoms with Gasteiger partial charge in [0.05, 0.1) is 40.0 Å². The summed E-state index contributed by atoms with van der Waals surface area (Å²) in [5.74, 6) is 0.612. The van der Waals surface area contributed by atoms with Crippen LogP contribution in [0.25, 0.3) is 0 Å². The van der Waals surface area contributed by atoms with Gasteiger partial charge in [0.15, 0.2) is 0 Å². The van der Waals surface area contributed by atoms with E-state index in [1.807, 2.05) is 36.4 Å². The number of nitrogens with zero attached hydrogens (tertiary/aromatic N) is 1. The number of amides is 1. The Morgan fingerprint density at radius 2 is 1.41 bits per heavy atom. The number of methoxy groups -OCH3 is 1. The van der Waals surface area contributed by atoms with Crippen LogP contribution < -0.4 is 15.1 Å². The van der Waals surface area contributed by atoms with Gasteiger partial charge in [-0.3, -0.25) is 9.63 Å². The third-order valence-electron chi connectivity index (χ3n) is 6.57. The van der Waals surface area contributed by atoms with Crippen LogP contribution in [0.4, 0.5) is 0 Å². The number of hydrogen-bond donors (Lipinski definition) is 0.